The van der Waals surface area contributed by atoms with Gasteiger partial charge in [-0.2, -0.15) is 0 Å². The summed E-state index contributed by atoms with van der Waals surface area (Å²) < 4.78 is 0.257. The van der Waals surface area contributed by atoms with E-state index < -0.39 is 0 Å². The maximum Gasteiger partial charge on any atom is 0.223 e. The second kappa shape index (κ2) is 4.26. The van der Waals surface area contributed by atoms with Gasteiger partial charge in [0.2, 0.25) is 10.3 Å². The van der Waals surface area contributed by atoms with Gasteiger partial charge in [-0.3, -0.25) is 4.79 Å². The molecule has 0 spiro atoms. The van der Waals surface area contributed by atoms with E-state index in [4.69, 9.17) is 23.2 Å². The SMILES string of the molecule is O=C(c1ccc(Cl)cc1)c1nnc(Cl)s1. The number of benzene rings is 1. The summed E-state index contributed by atoms with van der Waals surface area (Å²) in [7, 11) is 0. The van der Waals surface area contributed by atoms with Crippen LogP contribution in [0.2, 0.25) is 9.49 Å². The highest BCUT2D eigenvalue weighted by Crippen LogP contribution is 2.19. The van der Waals surface area contributed by atoms with Crippen LogP contribution in [0.4, 0.5) is 0 Å². The van der Waals surface area contributed by atoms with Crippen LogP contribution in [-0.2, 0) is 0 Å². The Morgan fingerprint density at radius 1 is 1.13 bits per heavy atom. The van der Waals surface area contributed by atoms with Gasteiger partial charge in [-0.05, 0) is 35.9 Å². The van der Waals surface area contributed by atoms with Crippen LogP contribution in [-0.4, -0.2) is 16.0 Å². The fraction of sp³-hybridized carbons (Fsp3) is 0. The Morgan fingerprint density at radius 2 is 1.80 bits per heavy atom. The molecule has 2 aromatic rings. The molecule has 0 unspecified atom stereocenters. The van der Waals surface area contributed by atoms with E-state index >= 15 is 0 Å². The molecule has 76 valence electrons. The minimum absolute atomic E-state index is 0.198. The lowest BCUT2D eigenvalue weighted by atomic mass is 10.1. The fourth-order valence-corrected chi connectivity index (χ4v) is 1.94. The second-order valence-electron chi connectivity index (χ2n) is 2.70. The number of nitrogens with zero attached hydrogens (tertiary/aromatic N) is 2. The molecule has 6 heteroatoms. The summed E-state index contributed by atoms with van der Waals surface area (Å²) in [6, 6.07) is 6.58. The molecule has 0 fully saturated rings. The zero-order chi connectivity index (χ0) is 10.8. The molecule has 0 aliphatic rings. The summed E-state index contributed by atoms with van der Waals surface area (Å²) in [6.07, 6.45) is 0. The maximum atomic E-state index is 11.8. The summed E-state index contributed by atoms with van der Waals surface area (Å²) >= 11 is 12.4. The molecule has 0 N–H and O–H groups in total. The average molecular weight is 259 g/mol. The van der Waals surface area contributed by atoms with E-state index in [9.17, 15) is 4.79 Å². The topological polar surface area (TPSA) is 42.9 Å². The lowest BCUT2D eigenvalue weighted by molar-refractivity contribution is 0.103. The zero-order valence-electron chi connectivity index (χ0n) is 7.28. The quantitative estimate of drug-likeness (QED) is 0.778. The van der Waals surface area contributed by atoms with Crippen molar-refractivity contribution in [3.05, 3.63) is 44.3 Å². The molecule has 0 radical (unpaired) electrons. The van der Waals surface area contributed by atoms with Gasteiger partial charge in [0.05, 0.1) is 0 Å². The molecule has 0 aliphatic carbocycles. The average Bonchev–Trinajstić information content (AvgIpc) is 2.65. The standard InChI is InChI=1S/C9H4Cl2N2OS/c10-6-3-1-5(2-4-6)7(14)8-12-13-9(11)15-8/h1-4H. The Kier molecular flexibility index (Phi) is 3.00. The first-order chi connectivity index (χ1) is 7.16. The van der Waals surface area contributed by atoms with Crippen molar-refractivity contribution < 1.29 is 4.79 Å². The molecule has 0 amide bonds. The molecule has 3 nitrogen and oxygen atoms in total. The van der Waals surface area contributed by atoms with Gasteiger partial charge >= 0.3 is 0 Å². The van der Waals surface area contributed by atoms with Crippen molar-refractivity contribution in [1.82, 2.24) is 10.2 Å². The van der Waals surface area contributed by atoms with E-state index in [1.807, 2.05) is 0 Å². The molecule has 1 heterocycles. The third-order valence-electron chi connectivity index (χ3n) is 1.70. The van der Waals surface area contributed by atoms with E-state index in [0.29, 0.717) is 10.6 Å². The van der Waals surface area contributed by atoms with E-state index in [1.165, 1.54) is 0 Å². The van der Waals surface area contributed by atoms with Gasteiger partial charge in [0.1, 0.15) is 0 Å². The lowest BCUT2D eigenvalue weighted by Gasteiger charge is -1.95. The third-order valence-corrected chi connectivity index (χ3v) is 2.97. The number of halogens is 2. The molecule has 1 aromatic heterocycles. The highest BCUT2D eigenvalue weighted by atomic mass is 35.5. The summed E-state index contributed by atoms with van der Waals surface area (Å²) in [5, 5.41) is 8.10. The Morgan fingerprint density at radius 3 is 2.33 bits per heavy atom. The smallest absolute Gasteiger partial charge is 0.223 e. The first kappa shape index (κ1) is 10.5. The van der Waals surface area contributed by atoms with Crippen molar-refractivity contribution >= 4 is 40.3 Å². The van der Waals surface area contributed by atoms with Crippen LogP contribution in [0.1, 0.15) is 15.4 Å². The van der Waals surface area contributed by atoms with Crippen molar-refractivity contribution in [1.29, 1.82) is 0 Å². The van der Waals surface area contributed by atoms with Crippen molar-refractivity contribution in [3.63, 3.8) is 0 Å². The van der Waals surface area contributed by atoms with Gasteiger partial charge < -0.3 is 0 Å². The van der Waals surface area contributed by atoms with E-state index in [0.717, 1.165) is 11.3 Å². The van der Waals surface area contributed by atoms with Crippen molar-refractivity contribution in [2.75, 3.05) is 0 Å². The molecular weight excluding hydrogens is 255 g/mol. The van der Waals surface area contributed by atoms with Crippen molar-refractivity contribution in [2.24, 2.45) is 0 Å². The molecule has 0 saturated heterocycles. The van der Waals surface area contributed by atoms with Crippen molar-refractivity contribution in [3.8, 4) is 0 Å². The maximum absolute atomic E-state index is 11.8. The highest BCUT2D eigenvalue weighted by Gasteiger charge is 2.13. The first-order valence-corrected chi connectivity index (χ1v) is 5.53. The third kappa shape index (κ3) is 2.34. The number of ketones is 1. The van der Waals surface area contributed by atoms with Gasteiger partial charge in [-0.15, -0.1) is 10.2 Å². The van der Waals surface area contributed by atoms with E-state index in [-0.39, 0.29) is 15.3 Å². The summed E-state index contributed by atoms with van der Waals surface area (Å²) in [5.41, 5.74) is 0.521. The van der Waals surface area contributed by atoms with Crippen LogP contribution in [0, 0.1) is 0 Å². The summed E-state index contributed by atoms with van der Waals surface area (Å²) in [4.78, 5) is 11.8. The monoisotopic (exact) mass is 258 g/mol. The minimum atomic E-state index is -0.198. The highest BCUT2D eigenvalue weighted by molar-refractivity contribution is 7.17. The van der Waals surface area contributed by atoms with Gasteiger partial charge in [0, 0.05) is 10.6 Å². The molecule has 0 saturated carbocycles. The van der Waals surface area contributed by atoms with Crippen LogP contribution < -0.4 is 0 Å². The Balaban J connectivity index is 2.32. The Hall–Kier alpha value is -0.970. The predicted molar refractivity (Wildman–Crippen MR) is 59.8 cm³/mol. The summed E-state index contributed by atoms with van der Waals surface area (Å²) in [5.74, 6) is -0.198. The normalized spacial score (nSPS) is 10.3. The van der Waals surface area contributed by atoms with Crippen molar-refractivity contribution in [2.45, 2.75) is 0 Å². The van der Waals surface area contributed by atoms with Crippen LogP contribution in [0.15, 0.2) is 24.3 Å². The molecule has 2 rings (SSSR count). The first-order valence-electron chi connectivity index (χ1n) is 3.96. The van der Waals surface area contributed by atoms with Gasteiger partial charge in [0.25, 0.3) is 0 Å². The Labute approximate surface area is 99.7 Å². The zero-order valence-corrected chi connectivity index (χ0v) is 9.60. The van der Waals surface area contributed by atoms with Crippen LogP contribution in [0.5, 0.6) is 0 Å². The van der Waals surface area contributed by atoms with Crippen LogP contribution in [0.3, 0.4) is 0 Å². The predicted octanol–water partition coefficient (Wildman–Crippen LogP) is 3.08. The number of aromatic nitrogens is 2. The number of hydrogen-bond acceptors (Lipinski definition) is 4. The molecule has 15 heavy (non-hydrogen) atoms. The molecule has 0 aliphatic heterocycles. The number of carbonyl (C=O) groups is 1. The van der Waals surface area contributed by atoms with Gasteiger partial charge in [0.15, 0.2) is 5.01 Å². The molecule has 1 aromatic carbocycles. The number of carbonyl (C=O) groups excluding carboxylic acids is 1. The van der Waals surface area contributed by atoms with E-state index in [2.05, 4.69) is 10.2 Å². The van der Waals surface area contributed by atoms with Gasteiger partial charge in [-0.1, -0.05) is 22.9 Å². The van der Waals surface area contributed by atoms with Crippen LogP contribution >= 0.6 is 34.5 Å². The number of rotatable bonds is 2. The minimum Gasteiger partial charge on any atom is -0.286 e. The Bertz CT molecular complexity index is 495. The molecular formula is C9H4Cl2N2OS. The summed E-state index contributed by atoms with van der Waals surface area (Å²) in [6.45, 7) is 0. The van der Waals surface area contributed by atoms with E-state index in [1.54, 1.807) is 24.3 Å². The number of hydrogen-bond donors (Lipinski definition) is 0. The second-order valence-corrected chi connectivity index (χ2v) is 4.69. The largest absolute Gasteiger partial charge is 0.286 e. The molecule has 0 bridgehead atoms. The van der Waals surface area contributed by atoms with Crippen LogP contribution in [0.25, 0.3) is 0 Å². The van der Waals surface area contributed by atoms with Gasteiger partial charge in [-0.25, -0.2) is 0 Å². The lowest BCUT2D eigenvalue weighted by Crippen LogP contribution is -2.00. The molecule has 0 atom stereocenters. The fourth-order valence-electron chi connectivity index (χ4n) is 1.02.